The topological polar surface area (TPSA) is 8.17 Å². The van der Waals surface area contributed by atoms with Gasteiger partial charge in [-0.1, -0.05) is 143 Å². The van der Waals surface area contributed by atoms with E-state index in [2.05, 4.69) is 195 Å². The van der Waals surface area contributed by atoms with Crippen LogP contribution < -0.4 is 15.7 Å². The van der Waals surface area contributed by atoms with Crippen LogP contribution in [0, 0.1) is 0 Å². The van der Waals surface area contributed by atoms with Gasteiger partial charge in [-0.2, -0.15) is 0 Å². The molecule has 0 fully saturated rings. The molecule has 268 valence electrons. The zero-order valence-electron chi connectivity index (χ0n) is 33.9. The molecule has 0 radical (unpaired) electrons. The molecule has 0 amide bonds. The van der Waals surface area contributed by atoms with Crippen LogP contribution in [0.15, 0.2) is 109 Å². The van der Waals surface area contributed by atoms with E-state index in [4.69, 9.17) is 0 Å². The summed E-state index contributed by atoms with van der Waals surface area (Å²) in [6.07, 6.45) is 0. The molecule has 2 aliphatic heterocycles. The van der Waals surface area contributed by atoms with Crippen molar-refractivity contribution in [3.63, 3.8) is 0 Å². The van der Waals surface area contributed by atoms with Gasteiger partial charge < -0.3 is 9.38 Å². The Kier molecular flexibility index (Phi) is 6.58. The van der Waals surface area contributed by atoms with E-state index in [1.165, 1.54) is 99.9 Å². The standard InChI is InChI=1S/C51H51BN2/c1-48(2,3)30-16-20-33(21-17-30)54-43-24-18-31(49(4,5)6)26-38(43)35-22-23-36-39-28-37-34-14-12-13-15-40(34)51(10,11)41(37)29-45(39)53-44-25-19-32(50(7,8)9)27-42(44)52(54)46(35)47(36)53/h12-29H,1-11H3. The van der Waals surface area contributed by atoms with Gasteiger partial charge in [0, 0.05) is 38.8 Å². The second kappa shape index (κ2) is 10.6. The lowest BCUT2D eigenvalue weighted by Crippen LogP contribution is -2.60. The third-order valence-corrected chi connectivity index (χ3v) is 13.1. The van der Waals surface area contributed by atoms with Gasteiger partial charge in [0.15, 0.2) is 0 Å². The molecule has 0 saturated carbocycles. The number of aromatic nitrogens is 1. The molecule has 3 heterocycles. The average Bonchev–Trinajstić information content (AvgIpc) is 3.57. The molecule has 0 bridgehead atoms. The molecule has 0 N–H and O–H groups in total. The van der Waals surface area contributed by atoms with Crippen LogP contribution in [0.4, 0.5) is 11.4 Å². The fraction of sp³-hybridized carbons (Fsp3) is 0.294. The minimum Gasteiger partial charge on any atom is -0.376 e. The van der Waals surface area contributed by atoms with Crippen molar-refractivity contribution in [3.05, 3.63) is 137 Å². The molecule has 3 heteroatoms. The number of fused-ring (bicyclic) bond motifs is 11. The number of nitrogens with zero attached hydrogens (tertiary/aromatic N) is 2. The van der Waals surface area contributed by atoms with Crippen molar-refractivity contribution >= 4 is 51.0 Å². The molecule has 3 aliphatic rings. The highest BCUT2D eigenvalue weighted by atomic mass is 15.1. The van der Waals surface area contributed by atoms with Crippen LogP contribution in [-0.2, 0) is 21.7 Å². The fourth-order valence-electron chi connectivity index (χ4n) is 9.93. The predicted molar refractivity (Wildman–Crippen MR) is 233 cm³/mol. The Balaban J connectivity index is 1.36. The van der Waals surface area contributed by atoms with Gasteiger partial charge in [-0.15, -0.1) is 0 Å². The van der Waals surface area contributed by atoms with Crippen LogP contribution >= 0.6 is 0 Å². The number of hydrogen-bond acceptors (Lipinski definition) is 1. The van der Waals surface area contributed by atoms with E-state index in [1.54, 1.807) is 0 Å². The first-order valence-electron chi connectivity index (χ1n) is 19.9. The van der Waals surface area contributed by atoms with Crippen LogP contribution in [0.1, 0.15) is 104 Å². The van der Waals surface area contributed by atoms with Gasteiger partial charge in [0.25, 0.3) is 0 Å². The normalized spacial score (nSPS) is 15.4. The third kappa shape index (κ3) is 4.48. The summed E-state index contributed by atoms with van der Waals surface area (Å²) in [5.74, 6) is 0. The van der Waals surface area contributed by atoms with Gasteiger partial charge in [-0.05, 0) is 114 Å². The SMILES string of the molecule is CC(C)(C)c1ccc(N2B3c4cc(C(C)(C)C)ccc4-n4c5cc6c(cc5c5ccc(c3c54)-c3cc(C(C)(C)C)ccc32)-c2ccccc2C6(C)C)cc1. The van der Waals surface area contributed by atoms with Gasteiger partial charge in [-0.3, -0.25) is 0 Å². The minimum absolute atomic E-state index is 0.00684. The van der Waals surface area contributed by atoms with Gasteiger partial charge in [0.2, 0.25) is 0 Å². The number of rotatable bonds is 1. The molecule has 7 aromatic rings. The molecule has 0 unspecified atom stereocenters. The van der Waals surface area contributed by atoms with E-state index in [1.807, 2.05) is 0 Å². The summed E-state index contributed by atoms with van der Waals surface area (Å²) in [5, 5.41) is 2.67. The Bertz CT molecular complexity index is 2740. The highest BCUT2D eigenvalue weighted by molar-refractivity contribution is 6.93. The summed E-state index contributed by atoms with van der Waals surface area (Å²) in [5.41, 5.74) is 21.6. The van der Waals surface area contributed by atoms with Gasteiger partial charge >= 0.3 is 6.85 Å². The summed E-state index contributed by atoms with van der Waals surface area (Å²) in [6, 6.07) is 43.0. The van der Waals surface area contributed by atoms with Gasteiger partial charge in [-0.25, -0.2) is 0 Å². The number of anilines is 2. The Morgan fingerprint density at radius 2 is 1.13 bits per heavy atom. The Hall–Kier alpha value is -5.02. The predicted octanol–water partition coefficient (Wildman–Crippen LogP) is 12.2. The summed E-state index contributed by atoms with van der Waals surface area (Å²) in [7, 11) is 0. The molecule has 1 aromatic heterocycles. The van der Waals surface area contributed by atoms with Crippen LogP contribution in [0.3, 0.4) is 0 Å². The van der Waals surface area contributed by atoms with Gasteiger partial charge in [0.05, 0.1) is 11.0 Å². The molecule has 6 aromatic carbocycles. The van der Waals surface area contributed by atoms with Crippen molar-refractivity contribution in [2.75, 3.05) is 4.81 Å². The fourth-order valence-corrected chi connectivity index (χ4v) is 9.93. The van der Waals surface area contributed by atoms with E-state index >= 15 is 0 Å². The monoisotopic (exact) mass is 702 g/mol. The summed E-state index contributed by atoms with van der Waals surface area (Å²) in [4.78, 5) is 2.67. The van der Waals surface area contributed by atoms with Crippen molar-refractivity contribution in [1.29, 1.82) is 0 Å². The highest BCUT2D eigenvalue weighted by Gasteiger charge is 2.45. The quantitative estimate of drug-likeness (QED) is 0.155. The smallest absolute Gasteiger partial charge is 0.333 e. The maximum Gasteiger partial charge on any atom is 0.333 e. The van der Waals surface area contributed by atoms with Crippen molar-refractivity contribution in [2.24, 2.45) is 0 Å². The van der Waals surface area contributed by atoms with Crippen molar-refractivity contribution in [2.45, 2.75) is 97.8 Å². The summed E-state index contributed by atoms with van der Waals surface area (Å²) in [6.45, 7) is 25.7. The first-order chi connectivity index (χ1) is 25.4. The minimum atomic E-state index is -0.0787. The lowest BCUT2D eigenvalue weighted by atomic mass is 9.43. The van der Waals surface area contributed by atoms with Gasteiger partial charge in [0.1, 0.15) is 0 Å². The molecular weight excluding hydrogens is 651 g/mol. The Morgan fingerprint density at radius 1 is 0.500 bits per heavy atom. The van der Waals surface area contributed by atoms with Crippen LogP contribution in [0.25, 0.3) is 49.7 Å². The first-order valence-corrected chi connectivity index (χ1v) is 19.9. The maximum atomic E-state index is 2.67. The van der Waals surface area contributed by atoms with E-state index in [9.17, 15) is 0 Å². The lowest BCUT2D eigenvalue weighted by molar-refractivity contribution is 0.590. The van der Waals surface area contributed by atoms with Crippen molar-refractivity contribution in [3.8, 4) is 27.9 Å². The third-order valence-electron chi connectivity index (χ3n) is 13.1. The summed E-state index contributed by atoms with van der Waals surface area (Å²) < 4.78 is 2.64. The molecule has 0 saturated heterocycles. The second-order valence-electron chi connectivity index (χ2n) is 19.9. The Labute approximate surface area is 322 Å². The number of hydrogen-bond donors (Lipinski definition) is 0. The molecule has 1 aliphatic carbocycles. The van der Waals surface area contributed by atoms with E-state index < -0.39 is 0 Å². The molecule has 10 rings (SSSR count). The average molecular weight is 703 g/mol. The van der Waals surface area contributed by atoms with E-state index in [0.29, 0.717) is 0 Å². The van der Waals surface area contributed by atoms with E-state index in [0.717, 1.165) is 0 Å². The summed E-state index contributed by atoms with van der Waals surface area (Å²) >= 11 is 0. The molecule has 54 heavy (non-hydrogen) atoms. The van der Waals surface area contributed by atoms with Crippen LogP contribution in [0.2, 0.25) is 0 Å². The van der Waals surface area contributed by atoms with Crippen molar-refractivity contribution in [1.82, 2.24) is 4.57 Å². The van der Waals surface area contributed by atoms with Crippen molar-refractivity contribution < 1.29 is 0 Å². The first kappa shape index (κ1) is 33.5. The molecule has 0 atom stereocenters. The molecule has 0 spiro atoms. The largest absolute Gasteiger partial charge is 0.376 e. The Morgan fingerprint density at radius 3 is 1.81 bits per heavy atom. The highest BCUT2D eigenvalue weighted by Crippen LogP contribution is 2.52. The van der Waals surface area contributed by atoms with Crippen LogP contribution in [-0.4, -0.2) is 11.4 Å². The molecular formula is C51H51BN2. The maximum absolute atomic E-state index is 2.67. The van der Waals surface area contributed by atoms with E-state index in [-0.39, 0.29) is 28.5 Å². The number of benzene rings is 6. The van der Waals surface area contributed by atoms with Crippen LogP contribution in [0.5, 0.6) is 0 Å². The second-order valence-corrected chi connectivity index (χ2v) is 19.9. The zero-order chi connectivity index (χ0) is 37.9. The lowest BCUT2D eigenvalue weighted by Gasteiger charge is -2.43. The molecule has 2 nitrogen and oxygen atoms in total. The zero-order valence-corrected chi connectivity index (χ0v) is 33.9.